The van der Waals surface area contributed by atoms with Crippen LogP contribution >= 0.6 is 0 Å². The molecule has 0 saturated carbocycles. The van der Waals surface area contributed by atoms with Crippen molar-refractivity contribution in [2.45, 2.75) is 13.3 Å². The largest absolute Gasteiger partial charge is 0.472 e. The van der Waals surface area contributed by atoms with Gasteiger partial charge in [-0.2, -0.15) is 0 Å². The number of benzene rings is 1. The fourth-order valence-electron chi connectivity index (χ4n) is 2.72. The van der Waals surface area contributed by atoms with Crippen LogP contribution in [-0.4, -0.2) is 47.8 Å². The van der Waals surface area contributed by atoms with E-state index in [1.165, 1.54) is 18.1 Å². The summed E-state index contributed by atoms with van der Waals surface area (Å²) in [4.78, 5) is 28.2. The van der Waals surface area contributed by atoms with Crippen molar-refractivity contribution in [1.29, 1.82) is 0 Å². The van der Waals surface area contributed by atoms with Gasteiger partial charge in [0.15, 0.2) is 0 Å². The van der Waals surface area contributed by atoms with Gasteiger partial charge in [0, 0.05) is 26.2 Å². The van der Waals surface area contributed by atoms with Gasteiger partial charge in [0.1, 0.15) is 6.26 Å². The summed E-state index contributed by atoms with van der Waals surface area (Å²) in [7, 11) is 0. The normalized spacial score (nSPS) is 14.8. The molecule has 1 saturated heterocycles. The Morgan fingerprint density at radius 2 is 1.65 bits per heavy atom. The Morgan fingerprint density at radius 3 is 2.26 bits per heavy atom. The van der Waals surface area contributed by atoms with Crippen molar-refractivity contribution < 1.29 is 14.0 Å². The van der Waals surface area contributed by atoms with Crippen LogP contribution < -0.4 is 0 Å². The van der Waals surface area contributed by atoms with Gasteiger partial charge in [0.2, 0.25) is 5.91 Å². The Hall–Kier alpha value is -2.56. The van der Waals surface area contributed by atoms with Crippen molar-refractivity contribution >= 4 is 11.8 Å². The lowest BCUT2D eigenvalue weighted by atomic mass is 10.1. The van der Waals surface area contributed by atoms with Crippen LogP contribution in [0.4, 0.5) is 0 Å². The first-order chi connectivity index (χ1) is 11.1. The first kappa shape index (κ1) is 15.3. The number of carbonyl (C=O) groups excluding carboxylic acids is 2. The van der Waals surface area contributed by atoms with Crippen LogP contribution in [0.25, 0.3) is 0 Å². The van der Waals surface area contributed by atoms with E-state index < -0.39 is 0 Å². The molecule has 1 fully saturated rings. The third kappa shape index (κ3) is 3.62. The predicted octanol–water partition coefficient (Wildman–Crippen LogP) is 2.12. The Balaban J connectivity index is 1.53. The Kier molecular flexibility index (Phi) is 4.46. The lowest BCUT2D eigenvalue weighted by Gasteiger charge is -2.34. The second kappa shape index (κ2) is 6.69. The molecule has 0 N–H and O–H groups in total. The minimum atomic E-state index is -0.0376. The van der Waals surface area contributed by atoms with Crippen LogP contribution in [0.1, 0.15) is 21.5 Å². The summed E-state index contributed by atoms with van der Waals surface area (Å²) in [6.07, 6.45) is 3.36. The summed E-state index contributed by atoms with van der Waals surface area (Å²) >= 11 is 0. The van der Waals surface area contributed by atoms with Crippen molar-refractivity contribution in [3.63, 3.8) is 0 Å². The van der Waals surface area contributed by atoms with Crippen molar-refractivity contribution in [2.24, 2.45) is 0 Å². The maximum Gasteiger partial charge on any atom is 0.257 e. The van der Waals surface area contributed by atoms with E-state index >= 15 is 0 Å². The highest BCUT2D eigenvalue weighted by Gasteiger charge is 2.25. The van der Waals surface area contributed by atoms with E-state index in [9.17, 15) is 9.59 Å². The molecule has 0 bridgehead atoms. The molecular weight excluding hydrogens is 292 g/mol. The third-order valence-corrected chi connectivity index (χ3v) is 4.16. The highest BCUT2D eigenvalue weighted by molar-refractivity contribution is 5.94. The summed E-state index contributed by atoms with van der Waals surface area (Å²) in [5.74, 6) is 0.0775. The number of hydrogen-bond acceptors (Lipinski definition) is 3. The van der Waals surface area contributed by atoms with Gasteiger partial charge in [-0.15, -0.1) is 0 Å². The number of piperazine rings is 1. The monoisotopic (exact) mass is 312 g/mol. The molecule has 0 unspecified atom stereocenters. The topological polar surface area (TPSA) is 53.8 Å². The summed E-state index contributed by atoms with van der Waals surface area (Å²) in [6, 6.07) is 9.68. The molecule has 3 rings (SSSR count). The summed E-state index contributed by atoms with van der Waals surface area (Å²) in [5, 5.41) is 0. The van der Waals surface area contributed by atoms with E-state index in [2.05, 4.69) is 0 Å². The highest BCUT2D eigenvalue weighted by Crippen LogP contribution is 2.11. The Labute approximate surface area is 135 Å². The molecule has 0 spiro atoms. The molecule has 0 radical (unpaired) electrons. The number of hydrogen-bond donors (Lipinski definition) is 0. The molecule has 2 heterocycles. The second-order valence-corrected chi connectivity index (χ2v) is 5.85. The van der Waals surface area contributed by atoms with Crippen molar-refractivity contribution in [2.75, 3.05) is 26.2 Å². The SMILES string of the molecule is Cc1ccc(CC(=O)N2CCN(C(=O)c3ccoc3)CC2)cc1. The van der Waals surface area contributed by atoms with Crippen LogP contribution in [0.5, 0.6) is 0 Å². The maximum absolute atomic E-state index is 12.4. The van der Waals surface area contributed by atoms with Crippen LogP contribution in [0.3, 0.4) is 0 Å². The number of aryl methyl sites for hydroxylation is 1. The van der Waals surface area contributed by atoms with E-state index in [0.717, 1.165) is 5.56 Å². The summed E-state index contributed by atoms with van der Waals surface area (Å²) < 4.78 is 4.95. The molecule has 120 valence electrons. The first-order valence-electron chi connectivity index (χ1n) is 7.78. The molecule has 1 aliphatic heterocycles. The molecule has 1 aromatic heterocycles. The number of nitrogens with zero attached hydrogens (tertiary/aromatic N) is 2. The van der Waals surface area contributed by atoms with Crippen molar-refractivity contribution in [1.82, 2.24) is 9.80 Å². The van der Waals surface area contributed by atoms with Crippen LogP contribution in [0.2, 0.25) is 0 Å². The van der Waals surface area contributed by atoms with Crippen molar-refractivity contribution in [3.05, 3.63) is 59.5 Å². The van der Waals surface area contributed by atoms with Gasteiger partial charge in [-0.05, 0) is 18.6 Å². The van der Waals surface area contributed by atoms with Gasteiger partial charge in [0.25, 0.3) is 5.91 Å². The van der Waals surface area contributed by atoms with Gasteiger partial charge < -0.3 is 14.2 Å². The Morgan fingerprint density at radius 1 is 1.00 bits per heavy atom. The molecule has 2 amide bonds. The molecule has 1 aliphatic rings. The van der Waals surface area contributed by atoms with Gasteiger partial charge in [-0.25, -0.2) is 0 Å². The molecule has 1 aromatic carbocycles. The fourth-order valence-corrected chi connectivity index (χ4v) is 2.72. The summed E-state index contributed by atoms with van der Waals surface area (Å²) in [5.41, 5.74) is 2.77. The lowest BCUT2D eigenvalue weighted by molar-refractivity contribution is -0.131. The third-order valence-electron chi connectivity index (χ3n) is 4.16. The molecule has 0 atom stereocenters. The standard InChI is InChI=1S/C18H20N2O3/c1-14-2-4-15(5-3-14)12-17(21)19-7-9-20(10-8-19)18(22)16-6-11-23-13-16/h2-6,11,13H,7-10,12H2,1H3. The molecule has 5 heteroatoms. The van der Waals surface area contributed by atoms with E-state index in [4.69, 9.17) is 4.42 Å². The molecular formula is C18H20N2O3. The molecule has 2 aromatic rings. The lowest BCUT2D eigenvalue weighted by Crippen LogP contribution is -2.50. The van der Waals surface area contributed by atoms with E-state index in [1.54, 1.807) is 11.0 Å². The average Bonchev–Trinajstić information content (AvgIpc) is 3.11. The van der Waals surface area contributed by atoms with Gasteiger partial charge in [-0.3, -0.25) is 9.59 Å². The molecule has 0 aliphatic carbocycles. The highest BCUT2D eigenvalue weighted by atomic mass is 16.3. The maximum atomic E-state index is 12.4. The zero-order chi connectivity index (χ0) is 16.2. The number of rotatable bonds is 3. The first-order valence-corrected chi connectivity index (χ1v) is 7.78. The van der Waals surface area contributed by atoms with E-state index in [1.807, 2.05) is 36.1 Å². The van der Waals surface area contributed by atoms with Gasteiger partial charge >= 0.3 is 0 Å². The van der Waals surface area contributed by atoms with Crippen LogP contribution in [-0.2, 0) is 11.2 Å². The minimum absolute atomic E-state index is 0.0376. The zero-order valence-corrected chi connectivity index (χ0v) is 13.2. The minimum Gasteiger partial charge on any atom is -0.472 e. The molecule has 5 nitrogen and oxygen atoms in total. The number of carbonyl (C=O) groups is 2. The zero-order valence-electron chi connectivity index (χ0n) is 13.2. The Bertz CT molecular complexity index is 669. The number of furan rings is 1. The van der Waals surface area contributed by atoms with Crippen LogP contribution in [0, 0.1) is 6.92 Å². The fraction of sp³-hybridized carbons (Fsp3) is 0.333. The average molecular weight is 312 g/mol. The second-order valence-electron chi connectivity index (χ2n) is 5.85. The van der Waals surface area contributed by atoms with Crippen molar-refractivity contribution in [3.8, 4) is 0 Å². The smallest absolute Gasteiger partial charge is 0.257 e. The van der Waals surface area contributed by atoms with Gasteiger partial charge in [-0.1, -0.05) is 29.8 Å². The van der Waals surface area contributed by atoms with Gasteiger partial charge in [0.05, 0.1) is 18.2 Å². The molecule has 23 heavy (non-hydrogen) atoms. The quantitative estimate of drug-likeness (QED) is 0.872. The predicted molar refractivity (Wildman–Crippen MR) is 86.1 cm³/mol. The summed E-state index contributed by atoms with van der Waals surface area (Å²) in [6.45, 7) is 4.30. The van der Waals surface area contributed by atoms with E-state index in [-0.39, 0.29) is 11.8 Å². The van der Waals surface area contributed by atoms with Crippen LogP contribution in [0.15, 0.2) is 47.3 Å². The number of amides is 2. The van der Waals surface area contributed by atoms with E-state index in [0.29, 0.717) is 38.2 Å².